The zero-order valence-corrected chi connectivity index (χ0v) is 10.2. The van der Waals surface area contributed by atoms with E-state index in [1.807, 2.05) is 6.07 Å². The first-order valence-electron chi connectivity index (χ1n) is 6.30. The van der Waals surface area contributed by atoms with Gasteiger partial charge in [-0.1, -0.05) is 6.07 Å². The van der Waals surface area contributed by atoms with Gasteiger partial charge in [0.25, 0.3) is 0 Å². The molecule has 0 saturated heterocycles. The number of H-pyrrole nitrogens is 1. The monoisotopic (exact) mass is 236 g/mol. The fourth-order valence-electron chi connectivity index (χ4n) is 2.38. The Balaban J connectivity index is 2.04. The molecular formula is C13H20N2O2. The minimum Gasteiger partial charge on any atom is -0.393 e. The number of aliphatic hydroxyl groups is 1. The molecule has 1 heterocycles. The van der Waals surface area contributed by atoms with Crippen LogP contribution in [0.25, 0.3) is 0 Å². The standard InChI is InChI=1S/C13H20N2O2/c1-9(16)7-8-14-11-3-2-4-12-10(11)5-6-13(17)15-12/h5-6,9,11,14,16H,2-4,7-8H2,1H3,(H,15,17). The summed E-state index contributed by atoms with van der Waals surface area (Å²) in [5, 5.41) is 12.7. The summed E-state index contributed by atoms with van der Waals surface area (Å²) in [6.07, 6.45) is 3.65. The Kier molecular flexibility index (Phi) is 3.97. The molecule has 0 spiro atoms. The maximum atomic E-state index is 11.2. The predicted molar refractivity (Wildman–Crippen MR) is 67.0 cm³/mol. The first-order chi connectivity index (χ1) is 8.16. The first-order valence-corrected chi connectivity index (χ1v) is 6.30. The van der Waals surface area contributed by atoms with Crippen LogP contribution < -0.4 is 10.9 Å². The highest BCUT2D eigenvalue weighted by Crippen LogP contribution is 2.27. The van der Waals surface area contributed by atoms with Crippen LogP contribution in [0.3, 0.4) is 0 Å². The van der Waals surface area contributed by atoms with Gasteiger partial charge in [0.15, 0.2) is 0 Å². The van der Waals surface area contributed by atoms with E-state index < -0.39 is 0 Å². The molecule has 17 heavy (non-hydrogen) atoms. The van der Waals surface area contributed by atoms with Crippen LogP contribution in [0.15, 0.2) is 16.9 Å². The van der Waals surface area contributed by atoms with E-state index in [1.165, 1.54) is 5.56 Å². The molecule has 94 valence electrons. The number of aryl methyl sites for hydroxylation is 1. The van der Waals surface area contributed by atoms with E-state index in [1.54, 1.807) is 13.0 Å². The van der Waals surface area contributed by atoms with Crippen molar-refractivity contribution in [1.29, 1.82) is 0 Å². The lowest BCUT2D eigenvalue weighted by Gasteiger charge is -2.26. The number of nitrogens with one attached hydrogen (secondary N) is 2. The second-order valence-corrected chi connectivity index (χ2v) is 4.79. The van der Waals surface area contributed by atoms with E-state index in [2.05, 4.69) is 10.3 Å². The Hall–Kier alpha value is -1.13. The Morgan fingerprint density at radius 3 is 3.18 bits per heavy atom. The molecule has 4 heteroatoms. The second kappa shape index (κ2) is 5.47. The van der Waals surface area contributed by atoms with Crippen LogP contribution in [0, 0.1) is 0 Å². The van der Waals surface area contributed by atoms with Gasteiger partial charge in [-0.15, -0.1) is 0 Å². The van der Waals surface area contributed by atoms with Gasteiger partial charge in [-0.2, -0.15) is 0 Å². The quantitative estimate of drug-likeness (QED) is 0.734. The molecule has 3 N–H and O–H groups in total. The summed E-state index contributed by atoms with van der Waals surface area (Å²) in [7, 11) is 0. The first kappa shape index (κ1) is 12.3. The van der Waals surface area contributed by atoms with Gasteiger partial charge in [-0.3, -0.25) is 4.79 Å². The predicted octanol–water partition coefficient (Wildman–Crippen LogP) is 1.11. The summed E-state index contributed by atoms with van der Waals surface area (Å²) in [5.41, 5.74) is 2.26. The van der Waals surface area contributed by atoms with E-state index in [9.17, 15) is 9.90 Å². The molecule has 2 rings (SSSR count). The molecule has 2 atom stereocenters. The van der Waals surface area contributed by atoms with E-state index in [-0.39, 0.29) is 11.7 Å². The number of aliphatic hydroxyl groups excluding tert-OH is 1. The number of aromatic nitrogens is 1. The fraction of sp³-hybridized carbons (Fsp3) is 0.615. The van der Waals surface area contributed by atoms with Crippen LogP contribution >= 0.6 is 0 Å². The second-order valence-electron chi connectivity index (χ2n) is 4.79. The van der Waals surface area contributed by atoms with Crippen molar-refractivity contribution in [2.45, 2.75) is 44.8 Å². The molecule has 0 saturated carbocycles. The zero-order chi connectivity index (χ0) is 12.3. The van der Waals surface area contributed by atoms with E-state index in [0.717, 1.165) is 37.9 Å². The molecule has 1 aromatic rings. The lowest BCUT2D eigenvalue weighted by molar-refractivity contribution is 0.181. The summed E-state index contributed by atoms with van der Waals surface area (Å²) < 4.78 is 0. The number of aromatic amines is 1. The van der Waals surface area contributed by atoms with Crippen molar-refractivity contribution in [3.63, 3.8) is 0 Å². The third kappa shape index (κ3) is 3.17. The van der Waals surface area contributed by atoms with Gasteiger partial charge < -0.3 is 15.4 Å². The number of rotatable bonds is 4. The maximum Gasteiger partial charge on any atom is 0.248 e. The molecular weight excluding hydrogens is 216 g/mol. The minimum atomic E-state index is -0.263. The average molecular weight is 236 g/mol. The highest BCUT2D eigenvalue weighted by molar-refractivity contribution is 5.26. The van der Waals surface area contributed by atoms with Gasteiger partial charge in [-0.05, 0) is 44.7 Å². The molecule has 1 aromatic heterocycles. The van der Waals surface area contributed by atoms with Gasteiger partial charge in [0.05, 0.1) is 6.10 Å². The van der Waals surface area contributed by atoms with Crippen LogP contribution in [-0.2, 0) is 6.42 Å². The number of hydrogen-bond donors (Lipinski definition) is 3. The summed E-state index contributed by atoms with van der Waals surface area (Å²) in [5.74, 6) is 0. The molecule has 0 bridgehead atoms. The largest absolute Gasteiger partial charge is 0.393 e. The maximum absolute atomic E-state index is 11.2. The SMILES string of the molecule is CC(O)CCNC1CCCc2[nH]c(=O)ccc21. The highest BCUT2D eigenvalue weighted by atomic mass is 16.3. The summed E-state index contributed by atoms with van der Waals surface area (Å²) in [6.45, 7) is 2.61. The topological polar surface area (TPSA) is 65.1 Å². The molecule has 0 radical (unpaired) electrons. The normalized spacial score (nSPS) is 20.9. The van der Waals surface area contributed by atoms with Gasteiger partial charge in [0, 0.05) is 17.8 Å². The molecule has 0 amide bonds. The molecule has 1 aliphatic carbocycles. The Bertz CT molecular complexity index is 426. The summed E-state index contributed by atoms with van der Waals surface area (Å²) in [4.78, 5) is 14.2. The van der Waals surface area contributed by atoms with E-state index >= 15 is 0 Å². The van der Waals surface area contributed by atoms with Crippen molar-refractivity contribution in [3.8, 4) is 0 Å². The van der Waals surface area contributed by atoms with Crippen molar-refractivity contribution in [3.05, 3.63) is 33.7 Å². The molecule has 4 nitrogen and oxygen atoms in total. The lowest BCUT2D eigenvalue weighted by Crippen LogP contribution is -2.29. The number of hydrogen-bond acceptors (Lipinski definition) is 3. The van der Waals surface area contributed by atoms with Crippen LogP contribution in [0.4, 0.5) is 0 Å². The van der Waals surface area contributed by atoms with Crippen molar-refractivity contribution < 1.29 is 5.11 Å². The third-order valence-electron chi connectivity index (χ3n) is 3.28. The molecule has 1 aliphatic rings. The average Bonchev–Trinajstić information content (AvgIpc) is 2.28. The smallest absolute Gasteiger partial charge is 0.248 e. The highest BCUT2D eigenvalue weighted by Gasteiger charge is 2.19. The van der Waals surface area contributed by atoms with Crippen molar-refractivity contribution in [1.82, 2.24) is 10.3 Å². The van der Waals surface area contributed by atoms with Crippen LogP contribution in [0.2, 0.25) is 0 Å². The Labute approximate surface area is 101 Å². The third-order valence-corrected chi connectivity index (χ3v) is 3.28. The van der Waals surface area contributed by atoms with E-state index in [4.69, 9.17) is 0 Å². The molecule has 0 aliphatic heterocycles. The molecule has 0 fully saturated rings. The summed E-state index contributed by atoms with van der Waals surface area (Å²) >= 11 is 0. The lowest BCUT2D eigenvalue weighted by atomic mass is 9.91. The van der Waals surface area contributed by atoms with Crippen molar-refractivity contribution >= 4 is 0 Å². The van der Waals surface area contributed by atoms with Gasteiger partial charge in [0.1, 0.15) is 0 Å². The number of pyridine rings is 1. The number of fused-ring (bicyclic) bond motifs is 1. The van der Waals surface area contributed by atoms with Crippen molar-refractivity contribution in [2.24, 2.45) is 0 Å². The van der Waals surface area contributed by atoms with Crippen LogP contribution in [0.5, 0.6) is 0 Å². The Morgan fingerprint density at radius 1 is 1.59 bits per heavy atom. The van der Waals surface area contributed by atoms with Crippen molar-refractivity contribution in [2.75, 3.05) is 6.54 Å². The van der Waals surface area contributed by atoms with Crippen LogP contribution in [0.1, 0.15) is 43.5 Å². The summed E-state index contributed by atoms with van der Waals surface area (Å²) in [6, 6.07) is 3.83. The van der Waals surface area contributed by atoms with Gasteiger partial charge in [-0.25, -0.2) is 0 Å². The van der Waals surface area contributed by atoms with E-state index in [0.29, 0.717) is 6.04 Å². The van der Waals surface area contributed by atoms with Gasteiger partial charge in [0.2, 0.25) is 5.56 Å². The Morgan fingerprint density at radius 2 is 2.41 bits per heavy atom. The minimum absolute atomic E-state index is 0.0200. The molecule has 2 unspecified atom stereocenters. The van der Waals surface area contributed by atoms with Gasteiger partial charge >= 0.3 is 0 Å². The fourth-order valence-corrected chi connectivity index (χ4v) is 2.38. The zero-order valence-electron chi connectivity index (χ0n) is 10.2. The van der Waals surface area contributed by atoms with Crippen LogP contribution in [-0.4, -0.2) is 22.7 Å². The molecule has 0 aromatic carbocycles.